The van der Waals surface area contributed by atoms with Crippen molar-refractivity contribution in [3.05, 3.63) is 59.7 Å². The molecule has 1 aliphatic heterocycles. The molecule has 5 heteroatoms. The number of benzene rings is 1. The Morgan fingerprint density at radius 3 is 2.76 bits per heavy atom. The molecular weight excluding hydrogens is 268 g/mol. The summed E-state index contributed by atoms with van der Waals surface area (Å²) in [6.07, 6.45) is 3.26. The average molecular weight is 282 g/mol. The van der Waals surface area contributed by atoms with Crippen molar-refractivity contribution in [3.8, 4) is 5.75 Å². The van der Waals surface area contributed by atoms with Gasteiger partial charge in [-0.3, -0.25) is 4.79 Å². The third-order valence-corrected chi connectivity index (χ3v) is 2.95. The number of furan rings is 1. The van der Waals surface area contributed by atoms with Crippen molar-refractivity contribution in [2.24, 2.45) is 4.99 Å². The van der Waals surface area contributed by atoms with E-state index in [9.17, 15) is 4.79 Å². The fourth-order valence-electron chi connectivity index (χ4n) is 1.98. The standard InChI is InChI=1S/C16H14N2O3/c1-2-20-12-7-5-11(6-8-12)10-13-16(19)18-15(17-13)14-4-3-9-21-14/h3-10H,2H2,1H3,(H,17,18,19)/b13-10+. The van der Waals surface area contributed by atoms with Gasteiger partial charge in [-0.05, 0) is 42.8 Å². The number of carbonyl (C=O) groups is 1. The van der Waals surface area contributed by atoms with E-state index in [0.29, 0.717) is 23.9 Å². The van der Waals surface area contributed by atoms with Gasteiger partial charge in [0.05, 0.1) is 12.9 Å². The SMILES string of the molecule is CCOc1ccc(/C=C2/N=C(c3ccco3)NC2=O)cc1. The first-order valence-corrected chi connectivity index (χ1v) is 6.65. The number of hydrogen-bond donors (Lipinski definition) is 1. The first kappa shape index (κ1) is 13.2. The van der Waals surface area contributed by atoms with Gasteiger partial charge in [0.25, 0.3) is 5.91 Å². The molecule has 2 aromatic rings. The summed E-state index contributed by atoms with van der Waals surface area (Å²) in [5.74, 6) is 1.53. The van der Waals surface area contributed by atoms with Gasteiger partial charge in [0, 0.05) is 0 Å². The molecule has 1 aromatic heterocycles. The molecule has 1 aromatic carbocycles. The number of nitrogens with one attached hydrogen (secondary N) is 1. The van der Waals surface area contributed by atoms with E-state index in [1.165, 1.54) is 6.26 Å². The molecule has 0 fully saturated rings. The minimum Gasteiger partial charge on any atom is -0.494 e. The van der Waals surface area contributed by atoms with Crippen molar-refractivity contribution in [1.29, 1.82) is 0 Å². The van der Waals surface area contributed by atoms with Crippen LogP contribution in [0.5, 0.6) is 5.75 Å². The van der Waals surface area contributed by atoms with Crippen LogP contribution in [-0.4, -0.2) is 18.3 Å². The van der Waals surface area contributed by atoms with E-state index in [1.54, 1.807) is 18.2 Å². The molecule has 0 aliphatic carbocycles. The van der Waals surface area contributed by atoms with Crippen molar-refractivity contribution in [1.82, 2.24) is 5.32 Å². The van der Waals surface area contributed by atoms with Crippen molar-refractivity contribution >= 4 is 17.8 Å². The van der Waals surface area contributed by atoms with Crippen LogP contribution in [0, 0.1) is 0 Å². The van der Waals surface area contributed by atoms with E-state index in [-0.39, 0.29) is 5.91 Å². The van der Waals surface area contributed by atoms with E-state index in [4.69, 9.17) is 9.15 Å². The summed E-state index contributed by atoms with van der Waals surface area (Å²) in [6.45, 7) is 2.56. The predicted octanol–water partition coefficient (Wildman–Crippen LogP) is 2.60. The molecule has 2 heterocycles. The lowest BCUT2D eigenvalue weighted by Crippen LogP contribution is -2.24. The van der Waals surface area contributed by atoms with Crippen LogP contribution in [0.2, 0.25) is 0 Å². The molecule has 0 spiro atoms. The summed E-state index contributed by atoms with van der Waals surface area (Å²) in [5.41, 5.74) is 1.23. The molecule has 1 amide bonds. The Morgan fingerprint density at radius 2 is 2.10 bits per heavy atom. The smallest absolute Gasteiger partial charge is 0.275 e. The third kappa shape index (κ3) is 2.86. The van der Waals surface area contributed by atoms with E-state index in [1.807, 2.05) is 31.2 Å². The summed E-state index contributed by atoms with van der Waals surface area (Å²) in [4.78, 5) is 16.2. The van der Waals surface area contributed by atoms with Gasteiger partial charge in [0.2, 0.25) is 0 Å². The maximum absolute atomic E-state index is 11.9. The zero-order valence-corrected chi connectivity index (χ0v) is 11.5. The van der Waals surface area contributed by atoms with Crippen LogP contribution in [0.3, 0.4) is 0 Å². The first-order chi connectivity index (χ1) is 10.3. The Hall–Kier alpha value is -2.82. The van der Waals surface area contributed by atoms with Crippen LogP contribution in [-0.2, 0) is 4.79 Å². The van der Waals surface area contributed by atoms with Crippen LogP contribution in [0.4, 0.5) is 0 Å². The number of ether oxygens (including phenoxy) is 1. The topological polar surface area (TPSA) is 63.8 Å². The molecule has 0 saturated carbocycles. The van der Waals surface area contributed by atoms with Crippen LogP contribution < -0.4 is 10.1 Å². The number of rotatable bonds is 4. The van der Waals surface area contributed by atoms with E-state index >= 15 is 0 Å². The molecule has 0 radical (unpaired) electrons. The number of amidine groups is 1. The molecule has 0 atom stereocenters. The highest BCUT2D eigenvalue weighted by molar-refractivity contribution is 6.18. The molecule has 3 rings (SSSR count). The Labute approximate surface area is 121 Å². The highest BCUT2D eigenvalue weighted by atomic mass is 16.5. The highest BCUT2D eigenvalue weighted by Crippen LogP contribution is 2.18. The normalized spacial score (nSPS) is 16.0. The van der Waals surface area contributed by atoms with Crippen LogP contribution in [0.15, 0.2) is 57.8 Å². The molecule has 1 N–H and O–H groups in total. The van der Waals surface area contributed by atoms with Crippen LogP contribution in [0.25, 0.3) is 6.08 Å². The molecule has 0 unspecified atom stereocenters. The number of hydrogen-bond acceptors (Lipinski definition) is 4. The van der Waals surface area contributed by atoms with Gasteiger partial charge in [-0.25, -0.2) is 4.99 Å². The van der Waals surface area contributed by atoms with Crippen molar-refractivity contribution in [2.45, 2.75) is 6.92 Å². The monoisotopic (exact) mass is 282 g/mol. The van der Waals surface area contributed by atoms with Gasteiger partial charge < -0.3 is 14.5 Å². The minimum atomic E-state index is -0.240. The lowest BCUT2D eigenvalue weighted by molar-refractivity contribution is -0.115. The summed E-state index contributed by atoms with van der Waals surface area (Å²) >= 11 is 0. The van der Waals surface area contributed by atoms with Crippen molar-refractivity contribution in [2.75, 3.05) is 6.61 Å². The molecule has 0 bridgehead atoms. The second kappa shape index (κ2) is 5.66. The number of aliphatic imine (C=N–C) groups is 1. The van der Waals surface area contributed by atoms with Crippen molar-refractivity contribution in [3.63, 3.8) is 0 Å². The number of carbonyl (C=O) groups excluding carboxylic acids is 1. The van der Waals surface area contributed by atoms with Gasteiger partial charge >= 0.3 is 0 Å². The Kier molecular flexibility index (Phi) is 3.55. The summed E-state index contributed by atoms with van der Waals surface area (Å²) in [6, 6.07) is 11.0. The molecule has 1 aliphatic rings. The summed E-state index contributed by atoms with van der Waals surface area (Å²) < 4.78 is 10.6. The van der Waals surface area contributed by atoms with Gasteiger partial charge in [-0.1, -0.05) is 12.1 Å². The molecule has 5 nitrogen and oxygen atoms in total. The van der Waals surface area contributed by atoms with Gasteiger partial charge in [0.1, 0.15) is 11.4 Å². The maximum Gasteiger partial charge on any atom is 0.275 e. The summed E-state index contributed by atoms with van der Waals surface area (Å²) in [5, 5.41) is 2.68. The highest BCUT2D eigenvalue weighted by Gasteiger charge is 2.22. The Morgan fingerprint density at radius 1 is 1.29 bits per heavy atom. The quantitative estimate of drug-likeness (QED) is 0.877. The van der Waals surface area contributed by atoms with Crippen LogP contribution >= 0.6 is 0 Å². The third-order valence-electron chi connectivity index (χ3n) is 2.95. The number of amides is 1. The van der Waals surface area contributed by atoms with Crippen molar-refractivity contribution < 1.29 is 13.9 Å². The fraction of sp³-hybridized carbons (Fsp3) is 0.125. The Balaban J connectivity index is 1.83. The first-order valence-electron chi connectivity index (χ1n) is 6.65. The molecule has 106 valence electrons. The fourth-order valence-corrected chi connectivity index (χ4v) is 1.98. The van der Waals surface area contributed by atoms with Gasteiger partial charge in [-0.2, -0.15) is 0 Å². The van der Waals surface area contributed by atoms with E-state index in [0.717, 1.165) is 11.3 Å². The average Bonchev–Trinajstić information content (AvgIpc) is 3.12. The summed E-state index contributed by atoms with van der Waals surface area (Å²) in [7, 11) is 0. The lowest BCUT2D eigenvalue weighted by Gasteiger charge is -2.02. The van der Waals surface area contributed by atoms with Crippen LogP contribution in [0.1, 0.15) is 18.2 Å². The Bertz CT molecular complexity index is 698. The number of nitrogens with zero attached hydrogens (tertiary/aromatic N) is 1. The predicted molar refractivity (Wildman–Crippen MR) is 79.0 cm³/mol. The second-order valence-electron chi connectivity index (χ2n) is 4.42. The van der Waals surface area contributed by atoms with E-state index < -0.39 is 0 Å². The second-order valence-corrected chi connectivity index (χ2v) is 4.42. The molecular formula is C16H14N2O3. The minimum absolute atomic E-state index is 0.240. The van der Waals surface area contributed by atoms with Gasteiger partial charge in [-0.15, -0.1) is 0 Å². The molecule has 21 heavy (non-hydrogen) atoms. The van der Waals surface area contributed by atoms with E-state index in [2.05, 4.69) is 10.3 Å². The zero-order valence-electron chi connectivity index (χ0n) is 11.5. The lowest BCUT2D eigenvalue weighted by atomic mass is 10.2. The largest absolute Gasteiger partial charge is 0.494 e. The molecule has 0 saturated heterocycles. The van der Waals surface area contributed by atoms with Gasteiger partial charge in [0.15, 0.2) is 11.6 Å². The maximum atomic E-state index is 11.9. The zero-order chi connectivity index (χ0) is 14.7.